The molecule has 0 atom stereocenters. The van der Waals surface area contributed by atoms with Crippen LogP contribution in [0.15, 0.2) is 30.3 Å². The lowest BCUT2D eigenvalue weighted by atomic mass is 9.49. The van der Waals surface area contributed by atoms with E-state index in [1.54, 1.807) is 0 Å². The van der Waals surface area contributed by atoms with Crippen molar-refractivity contribution in [2.75, 3.05) is 0 Å². The number of benzene rings is 1. The summed E-state index contributed by atoms with van der Waals surface area (Å²) in [6, 6.07) is 10.6. The Balaban J connectivity index is 1.36. The van der Waals surface area contributed by atoms with Crippen LogP contribution >= 0.6 is 12.2 Å². The monoisotopic (exact) mass is 299 g/mol. The van der Waals surface area contributed by atoms with Gasteiger partial charge in [-0.05, 0) is 67.3 Å². The van der Waals surface area contributed by atoms with Crippen molar-refractivity contribution in [3.63, 3.8) is 0 Å². The first-order chi connectivity index (χ1) is 10.2. The number of nitrogens with one attached hydrogen (secondary N) is 1. The quantitative estimate of drug-likeness (QED) is 0.808. The summed E-state index contributed by atoms with van der Waals surface area (Å²) in [5, 5.41) is 3.51. The van der Waals surface area contributed by atoms with Gasteiger partial charge >= 0.3 is 0 Å². The van der Waals surface area contributed by atoms with Crippen LogP contribution in [0.1, 0.15) is 50.5 Å². The smallest absolute Gasteiger partial charge is 0.0761 e. The van der Waals surface area contributed by atoms with Crippen molar-refractivity contribution in [3.8, 4) is 0 Å². The van der Waals surface area contributed by atoms with Gasteiger partial charge in [0.15, 0.2) is 0 Å². The molecule has 0 heterocycles. The zero-order chi connectivity index (χ0) is 14.3. The van der Waals surface area contributed by atoms with Crippen molar-refractivity contribution in [2.45, 2.75) is 51.5 Å². The maximum absolute atomic E-state index is 5.68. The van der Waals surface area contributed by atoms with Gasteiger partial charge in [0.25, 0.3) is 0 Å². The molecule has 4 fully saturated rings. The molecule has 4 aliphatic rings. The lowest BCUT2D eigenvalue weighted by Crippen LogP contribution is -2.47. The van der Waals surface area contributed by atoms with Crippen molar-refractivity contribution in [2.24, 2.45) is 23.2 Å². The average molecular weight is 299 g/mol. The van der Waals surface area contributed by atoms with Crippen LogP contribution in [-0.2, 0) is 6.54 Å². The second kappa shape index (κ2) is 5.39. The summed E-state index contributed by atoms with van der Waals surface area (Å²) in [6.07, 6.45) is 10.0. The number of thiocarbonyl (C=S) groups is 1. The molecule has 0 aliphatic heterocycles. The molecule has 2 heteroatoms. The first kappa shape index (κ1) is 13.8. The van der Waals surface area contributed by atoms with Gasteiger partial charge in [0.1, 0.15) is 0 Å². The van der Waals surface area contributed by atoms with Gasteiger partial charge in [-0.3, -0.25) is 0 Å². The van der Waals surface area contributed by atoms with E-state index in [1.165, 1.54) is 44.1 Å². The molecule has 4 aliphatic carbocycles. The molecule has 112 valence electrons. The van der Waals surface area contributed by atoms with Crippen LogP contribution in [0.2, 0.25) is 0 Å². The molecule has 0 unspecified atom stereocenters. The fraction of sp³-hybridized carbons (Fsp3) is 0.632. The number of hydrogen-bond donors (Lipinski definition) is 1. The Morgan fingerprint density at radius 2 is 1.57 bits per heavy atom. The lowest BCUT2D eigenvalue weighted by Gasteiger charge is -2.57. The minimum atomic E-state index is 0.565. The Morgan fingerprint density at radius 3 is 2.14 bits per heavy atom. The molecule has 1 nitrogen and oxygen atoms in total. The van der Waals surface area contributed by atoms with E-state index < -0.39 is 0 Å². The van der Waals surface area contributed by atoms with Crippen LogP contribution in [0.5, 0.6) is 0 Å². The molecule has 0 aromatic heterocycles. The fourth-order valence-electron chi connectivity index (χ4n) is 5.71. The first-order valence-corrected chi connectivity index (χ1v) is 8.92. The van der Waals surface area contributed by atoms with E-state index in [0.29, 0.717) is 5.41 Å². The fourth-order valence-corrected chi connectivity index (χ4v) is 6.08. The van der Waals surface area contributed by atoms with Crippen LogP contribution in [0.4, 0.5) is 0 Å². The lowest BCUT2D eigenvalue weighted by molar-refractivity contribution is -0.0482. The normalized spacial score (nSPS) is 36.7. The molecule has 1 aromatic carbocycles. The molecule has 0 amide bonds. The van der Waals surface area contributed by atoms with Crippen LogP contribution in [0, 0.1) is 23.2 Å². The topological polar surface area (TPSA) is 12.0 Å². The van der Waals surface area contributed by atoms with E-state index in [-0.39, 0.29) is 0 Å². The van der Waals surface area contributed by atoms with Gasteiger partial charge in [0.2, 0.25) is 0 Å². The molecule has 0 radical (unpaired) electrons. The Labute approximate surface area is 133 Å². The van der Waals surface area contributed by atoms with E-state index in [9.17, 15) is 0 Å². The molecule has 0 saturated heterocycles. The van der Waals surface area contributed by atoms with Gasteiger partial charge < -0.3 is 5.32 Å². The third-order valence-electron chi connectivity index (χ3n) is 6.03. The van der Waals surface area contributed by atoms with E-state index in [4.69, 9.17) is 12.2 Å². The SMILES string of the molecule is S=C(CC12CC3CC(CC(C3)C1)C2)NCc1ccccc1. The molecule has 0 spiro atoms. The van der Waals surface area contributed by atoms with Crippen molar-refractivity contribution >= 4 is 17.2 Å². The van der Waals surface area contributed by atoms with Crippen molar-refractivity contribution in [1.29, 1.82) is 0 Å². The van der Waals surface area contributed by atoms with Crippen molar-refractivity contribution < 1.29 is 0 Å². The van der Waals surface area contributed by atoms with Crippen molar-refractivity contribution in [3.05, 3.63) is 35.9 Å². The summed E-state index contributed by atoms with van der Waals surface area (Å²) in [4.78, 5) is 1.10. The van der Waals surface area contributed by atoms with Gasteiger partial charge in [-0.1, -0.05) is 42.5 Å². The molecular weight excluding hydrogens is 274 g/mol. The van der Waals surface area contributed by atoms with Gasteiger partial charge in [-0.15, -0.1) is 0 Å². The summed E-state index contributed by atoms with van der Waals surface area (Å²) in [5.41, 5.74) is 1.89. The van der Waals surface area contributed by atoms with Gasteiger partial charge in [0.05, 0.1) is 4.99 Å². The molecule has 1 aromatic rings. The molecule has 21 heavy (non-hydrogen) atoms. The minimum absolute atomic E-state index is 0.565. The Kier molecular flexibility index (Phi) is 3.53. The molecule has 4 bridgehead atoms. The minimum Gasteiger partial charge on any atom is -0.376 e. The Hall–Kier alpha value is -0.890. The van der Waals surface area contributed by atoms with Gasteiger partial charge in [-0.25, -0.2) is 0 Å². The summed E-state index contributed by atoms with van der Waals surface area (Å²) < 4.78 is 0. The van der Waals surface area contributed by atoms with E-state index in [0.717, 1.165) is 35.7 Å². The highest BCUT2D eigenvalue weighted by molar-refractivity contribution is 7.80. The van der Waals surface area contributed by atoms with Crippen LogP contribution in [0.25, 0.3) is 0 Å². The summed E-state index contributed by atoms with van der Waals surface area (Å²) in [7, 11) is 0. The van der Waals surface area contributed by atoms with Crippen LogP contribution in [-0.4, -0.2) is 4.99 Å². The predicted octanol–water partition coefficient (Wildman–Crippen LogP) is 4.71. The number of rotatable bonds is 4. The third kappa shape index (κ3) is 2.88. The largest absolute Gasteiger partial charge is 0.376 e. The van der Waals surface area contributed by atoms with Crippen molar-refractivity contribution in [1.82, 2.24) is 5.32 Å². The Bertz CT molecular complexity index is 486. The van der Waals surface area contributed by atoms with Gasteiger partial charge in [0, 0.05) is 13.0 Å². The second-order valence-corrected chi connectivity index (χ2v) is 8.35. The molecule has 4 saturated carbocycles. The molecule has 1 N–H and O–H groups in total. The second-order valence-electron chi connectivity index (χ2n) is 7.86. The maximum atomic E-state index is 5.68. The highest BCUT2D eigenvalue weighted by atomic mass is 32.1. The zero-order valence-corrected chi connectivity index (χ0v) is 13.5. The van der Waals surface area contributed by atoms with E-state index in [1.807, 2.05) is 0 Å². The number of hydrogen-bond acceptors (Lipinski definition) is 1. The third-order valence-corrected chi connectivity index (χ3v) is 6.32. The summed E-state index contributed by atoms with van der Waals surface area (Å²) in [5.74, 6) is 3.06. The zero-order valence-electron chi connectivity index (χ0n) is 12.7. The summed E-state index contributed by atoms with van der Waals surface area (Å²) in [6.45, 7) is 0.881. The van der Waals surface area contributed by atoms with E-state index in [2.05, 4.69) is 35.6 Å². The standard InChI is InChI=1S/C19H25NS/c21-18(20-13-14-4-2-1-3-5-14)12-19-9-15-6-16(10-19)8-17(7-15)11-19/h1-5,15-17H,6-13H2,(H,20,21). The maximum Gasteiger partial charge on any atom is 0.0761 e. The van der Waals surface area contributed by atoms with Crippen LogP contribution < -0.4 is 5.32 Å². The molecular formula is C19H25NS. The first-order valence-electron chi connectivity index (χ1n) is 8.51. The highest BCUT2D eigenvalue weighted by Crippen LogP contribution is 2.61. The van der Waals surface area contributed by atoms with Crippen LogP contribution in [0.3, 0.4) is 0 Å². The predicted molar refractivity (Wildman–Crippen MR) is 91.1 cm³/mol. The average Bonchev–Trinajstić information content (AvgIpc) is 2.44. The van der Waals surface area contributed by atoms with Gasteiger partial charge in [-0.2, -0.15) is 0 Å². The van der Waals surface area contributed by atoms with E-state index >= 15 is 0 Å². The Morgan fingerprint density at radius 1 is 1.00 bits per heavy atom. The molecule has 5 rings (SSSR count). The summed E-state index contributed by atoms with van der Waals surface area (Å²) >= 11 is 5.68. The highest BCUT2D eigenvalue weighted by Gasteiger charge is 2.50.